The molecule has 29 heavy (non-hydrogen) atoms. The third-order valence-corrected chi connectivity index (χ3v) is 4.90. The van der Waals surface area contributed by atoms with Crippen molar-refractivity contribution in [1.29, 1.82) is 0 Å². The molecule has 0 spiro atoms. The summed E-state index contributed by atoms with van der Waals surface area (Å²) in [5.74, 6) is 0.623. The standard InChI is InChI=1S/C22H23N5O2/c1-2-3-13-26-20-19(24-18(25-20)14-17-11-7-8-12-23-17)21(28)27(22(26)29)15-16-9-5-4-6-10-16/h4-12H,2-3,13-15H2,1H3,(H,24,25). The van der Waals surface area contributed by atoms with Gasteiger partial charge in [0, 0.05) is 24.9 Å². The first-order valence-corrected chi connectivity index (χ1v) is 9.83. The van der Waals surface area contributed by atoms with Gasteiger partial charge in [0.15, 0.2) is 5.65 Å². The van der Waals surface area contributed by atoms with Crippen LogP contribution in [0.5, 0.6) is 0 Å². The molecule has 1 aromatic carbocycles. The molecular weight excluding hydrogens is 366 g/mol. The van der Waals surface area contributed by atoms with Gasteiger partial charge in [0.25, 0.3) is 5.56 Å². The minimum Gasteiger partial charge on any atom is -0.336 e. The predicted octanol–water partition coefficient (Wildman–Crippen LogP) is 2.72. The fourth-order valence-corrected chi connectivity index (χ4v) is 3.40. The molecule has 0 atom stereocenters. The van der Waals surface area contributed by atoms with E-state index in [1.54, 1.807) is 10.8 Å². The summed E-state index contributed by atoms with van der Waals surface area (Å²) in [5, 5.41) is 0. The maximum Gasteiger partial charge on any atom is 0.333 e. The molecule has 148 valence electrons. The van der Waals surface area contributed by atoms with Crippen molar-refractivity contribution in [2.45, 2.75) is 39.3 Å². The van der Waals surface area contributed by atoms with Crippen molar-refractivity contribution in [2.24, 2.45) is 0 Å². The van der Waals surface area contributed by atoms with E-state index in [1.807, 2.05) is 48.5 Å². The van der Waals surface area contributed by atoms with Gasteiger partial charge in [-0.25, -0.2) is 9.78 Å². The van der Waals surface area contributed by atoms with Crippen LogP contribution in [0.2, 0.25) is 0 Å². The smallest absolute Gasteiger partial charge is 0.333 e. The molecule has 0 aliphatic heterocycles. The minimum atomic E-state index is -0.346. The molecule has 4 aromatic rings. The number of hydrogen-bond acceptors (Lipinski definition) is 4. The Labute approximate surface area is 167 Å². The Kier molecular flexibility index (Phi) is 5.37. The number of nitrogens with zero attached hydrogens (tertiary/aromatic N) is 4. The highest BCUT2D eigenvalue weighted by molar-refractivity contribution is 5.70. The lowest BCUT2D eigenvalue weighted by molar-refractivity contribution is 0.569. The quantitative estimate of drug-likeness (QED) is 0.527. The van der Waals surface area contributed by atoms with E-state index < -0.39 is 0 Å². The second kappa shape index (κ2) is 8.26. The van der Waals surface area contributed by atoms with Gasteiger partial charge < -0.3 is 4.98 Å². The average Bonchev–Trinajstić information content (AvgIpc) is 3.16. The average molecular weight is 389 g/mol. The largest absolute Gasteiger partial charge is 0.336 e. The van der Waals surface area contributed by atoms with Crippen molar-refractivity contribution >= 4 is 11.2 Å². The Morgan fingerprint density at radius 2 is 1.79 bits per heavy atom. The molecule has 0 unspecified atom stereocenters. The maximum absolute atomic E-state index is 13.1. The van der Waals surface area contributed by atoms with E-state index >= 15 is 0 Å². The van der Waals surface area contributed by atoms with Crippen LogP contribution in [-0.4, -0.2) is 24.1 Å². The van der Waals surface area contributed by atoms with Gasteiger partial charge in [-0.2, -0.15) is 0 Å². The van der Waals surface area contributed by atoms with Gasteiger partial charge in [0.2, 0.25) is 0 Å². The number of aryl methyl sites for hydroxylation is 1. The molecule has 0 saturated carbocycles. The highest BCUT2D eigenvalue weighted by Gasteiger charge is 2.17. The zero-order valence-corrected chi connectivity index (χ0v) is 16.3. The van der Waals surface area contributed by atoms with Gasteiger partial charge in [-0.3, -0.25) is 18.9 Å². The molecule has 0 fully saturated rings. The number of fused-ring (bicyclic) bond motifs is 1. The highest BCUT2D eigenvalue weighted by Crippen LogP contribution is 2.11. The minimum absolute atomic E-state index is 0.231. The van der Waals surface area contributed by atoms with Gasteiger partial charge in [-0.1, -0.05) is 49.7 Å². The van der Waals surface area contributed by atoms with E-state index in [2.05, 4.69) is 21.9 Å². The molecule has 0 aliphatic carbocycles. The first-order valence-electron chi connectivity index (χ1n) is 9.83. The Morgan fingerprint density at radius 1 is 1.00 bits per heavy atom. The molecule has 1 N–H and O–H groups in total. The Balaban J connectivity index is 1.83. The normalized spacial score (nSPS) is 11.2. The van der Waals surface area contributed by atoms with E-state index in [9.17, 15) is 9.59 Å². The van der Waals surface area contributed by atoms with Gasteiger partial charge in [0.1, 0.15) is 11.3 Å². The number of pyridine rings is 1. The molecule has 7 nitrogen and oxygen atoms in total. The Bertz CT molecular complexity index is 1220. The fourth-order valence-electron chi connectivity index (χ4n) is 3.40. The molecular formula is C22H23N5O2. The van der Waals surface area contributed by atoms with Crippen LogP contribution < -0.4 is 11.2 Å². The number of nitrogens with one attached hydrogen (secondary N) is 1. The first kappa shape index (κ1) is 18.9. The predicted molar refractivity (Wildman–Crippen MR) is 112 cm³/mol. The van der Waals surface area contributed by atoms with Crippen LogP contribution in [0.4, 0.5) is 0 Å². The zero-order chi connectivity index (χ0) is 20.2. The second-order valence-corrected chi connectivity index (χ2v) is 7.04. The van der Waals surface area contributed by atoms with Crippen molar-refractivity contribution < 1.29 is 0 Å². The van der Waals surface area contributed by atoms with E-state index in [0.717, 1.165) is 24.1 Å². The van der Waals surface area contributed by atoms with Crippen molar-refractivity contribution in [3.05, 3.63) is 92.6 Å². The van der Waals surface area contributed by atoms with Gasteiger partial charge >= 0.3 is 5.69 Å². The molecule has 0 bridgehead atoms. The molecule has 4 rings (SSSR count). The van der Waals surface area contributed by atoms with Crippen LogP contribution in [0.3, 0.4) is 0 Å². The van der Waals surface area contributed by atoms with E-state index in [4.69, 9.17) is 0 Å². The number of aromatic amines is 1. The van der Waals surface area contributed by atoms with Gasteiger partial charge in [0.05, 0.1) is 6.54 Å². The van der Waals surface area contributed by atoms with Crippen LogP contribution in [-0.2, 0) is 19.5 Å². The summed E-state index contributed by atoms with van der Waals surface area (Å²) in [5.41, 5.74) is 1.86. The lowest BCUT2D eigenvalue weighted by Crippen LogP contribution is -2.40. The molecule has 3 aromatic heterocycles. The van der Waals surface area contributed by atoms with Crippen LogP contribution in [0, 0.1) is 0 Å². The second-order valence-electron chi connectivity index (χ2n) is 7.04. The number of imidazole rings is 1. The van der Waals surface area contributed by atoms with E-state index in [1.165, 1.54) is 4.57 Å². The van der Waals surface area contributed by atoms with Gasteiger partial charge in [-0.05, 0) is 24.1 Å². The highest BCUT2D eigenvalue weighted by atomic mass is 16.2. The number of hydrogen-bond donors (Lipinski definition) is 1. The SMILES string of the molecule is CCCCn1c(=O)n(Cc2ccccc2)c(=O)c2[nH]c(Cc3ccccn3)nc21. The van der Waals surface area contributed by atoms with E-state index in [-0.39, 0.29) is 17.8 Å². The maximum atomic E-state index is 13.1. The zero-order valence-electron chi connectivity index (χ0n) is 16.3. The molecule has 3 heterocycles. The fraction of sp³-hybridized carbons (Fsp3) is 0.273. The number of unbranched alkanes of at least 4 members (excludes halogenated alkanes) is 1. The van der Waals surface area contributed by atoms with Crippen molar-refractivity contribution in [2.75, 3.05) is 0 Å². The summed E-state index contributed by atoms with van der Waals surface area (Å²) in [6.45, 7) is 2.82. The summed E-state index contributed by atoms with van der Waals surface area (Å²) < 4.78 is 2.90. The van der Waals surface area contributed by atoms with Crippen LogP contribution >= 0.6 is 0 Å². The van der Waals surface area contributed by atoms with Crippen LogP contribution in [0.1, 0.15) is 36.8 Å². The lowest BCUT2D eigenvalue weighted by atomic mass is 10.2. The molecule has 7 heteroatoms. The summed E-state index contributed by atoms with van der Waals surface area (Å²) in [6.07, 6.45) is 3.97. The topological polar surface area (TPSA) is 85.6 Å². The Hall–Kier alpha value is -3.48. The molecule has 0 aliphatic rings. The number of benzene rings is 1. The van der Waals surface area contributed by atoms with Crippen molar-refractivity contribution in [3.8, 4) is 0 Å². The first-order chi connectivity index (χ1) is 14.2. The summed E-state index contributed by atoms with van der Waals surface area (Å²) in [7, 11) is 0. The number of H-pyrrole nitrogens is 1. The molecule has 0 radical (unpaired) electrons. The van der Waals surface area contributed by atoms with Crippen molar-refractivity contribution in [1.82, 2.24) is 24.1 Å². The number of rotatable bonds is 7. The summed E-state index contributed by atoms with van der Waals surface area (Å²) in [4.78, 5) is 38.3. The monoisotopic (exact) mass is 389 g/mol. The van der Waals surface area contributed by atoms with Crippen LogP contribution in [0.25, 0.3) is 11.2 Å². The Morgan fingerprint density at radius 3 is 2.52 bits per heavy atom. The van der Waals surface area contributed by atoms with Crippen molar-refractivity contribution in [3.63, 3.8) is 0 Å². The lowest BCUT2D eigenvalue weighted by Gasteiger charge is -2.11. The summed E-state index contributed by atoms with van der Waals surface area (Å²) >= 11 is 0. The van der Waals surface area contributed by atoms with Gasteiger partial charge in [-0.15, -0.1) is 0 Å². The third kappa shape index (κ3) is 3.89. The molecule has 0 amide bonds. The van der Waals surface area contributed by atoms with Crippen LogP contribution in [0.15, 0.2) is 64.3 Å². The third-order valence-electron chi connectivity index (χ3n) is 4.90. The molecule has 0 saturated heterocycles. The number of aromatic nitrogens is 5. The summed E-state index contributed by atoms with van der Waals surface area (Å²) in [6, 6.07) is 15.2. The van der Waals surface area contributed by atoms with E-state index in [0.29, 0.717) is 30.0 Å².